The molecule has 0 fully saturated rings. The standard InChI is InChI=1S/C63H114O6/c1-4-7-10-13-16-19-22-25-28-30-31-33-35-38-41-44-47-50-53-56-62(65)68-59-60(58-67-61(64)55-52-49-46-43-40-37-34-27-24-21-18-15-12-9-6-3)69-63(66)57-54-51-48-45-42-39-36-32-29-26-23-20-17-14-11-8-5-2/h16,18-19,21,25,27-28,34,60H,4-15,17,20,22-24,26,29-33,35-59H2,1-3H3/b19-16+,21-18+,28-25+,34-27+/t60-/m1/s1. The Kier molecular flexibility index (Phi) is 55.7. The molecular weight excluding hydrogens is 853 g/mol. The van der Waals surface area contributed by atoms with Crippen LogP contribution >= 0.6 is 0 Å². The van der Waals surface area contributed by atoms with Crippen molar-refractivity contribution in [2.75, 3.05) is 13.2 Å². The molecule has 0 unspecified atom stereocenters. The zero-order chi connectivity index (χ0) is 50.0. The van der Waals surface area contributed by atoms with E-state index < -0.39 is 6.10 Å². The molecule has 0 saturated heterocycles. The molecule has 0 bridgehead atoms. The van der Waals surface area contributed by atoms with Crippen LogP contribution < -0.4 is 0 Å². The second kappa shape index (κ2) is 57.9. The van der Waals surface area contributed by atoms with Crippen LogP contribution in [0.3, 0.4) is 0 Å². The second-order valence-corrected chi connectivity index (χ2v) is 20.3. The maximum Gasteiger partial charge on any atom is 0.306 e. The van der Waals surface area contributed by atoms with E-state index in [1.807, 2.05) is 0 Å². The Labute approximate surface area is 428 Å². The molecule has 0 aliphatic heterocycles. The van der Waals surface area contributed by atoms with Crippen molar-refractivity contribution < 1.29 is 28.6 Å². The molecule has 69 heavy (non-hydrogen) atoms. The summed E-state index contributed by atoms with van der Waals surface area (Å²) in [6.07, 6.45) is 71.0. The van der Waals surface area contributed by atoms with Crippen LogP contribution in [0.2, 0.25) is 0 Å². The van der Waals surface area contributed by atoms with Crippen molar-refractivity contribution in [1.82, 2.24) is 0 Å². The summed E-state index contributed by atoms with van der Waals surface area (Å²) in [6, 6.07) is 0. The van der Waals surface area contributed by atoms with E-state index in [1.54, 1.807) is 0 Å². The van der Waals surface area contributed by atoms with Gasteiger partial charge < -0.3 is 14.2 Å². The maximum atomic E-state index is 12.9. The van der Waals surface area contributed by atoms with E-state index in [9.17, 15) is 14.4 Å². The lowest BCUT2D eigenvalue weighted by Gasteiger charge is -2.18. The summed E-state index contributed by atoms with van der Waals surface area (Å²) >= 11 is 0. The van der Waals surface area contributed by atoms with Crippen LogP contribution in [0.25, 0.3) is 0 Å². The average Bonchev–Trinajstić information content (AvgIpc) is 3.35. The van der Waals surface area contributed by atoms with E-state index in [0.717, 1.165) is 83.5 Å². The quantitative estimate of drug-likeness (QED) is 0.0262. The molecule has 0 aliphatic rings. The van der Waals surface area contributed by atoms with Gasteiger partial charge in [0, 0.05) is 19.3 Å². The van der Waals surface area contributed by atoms with Crippen molar-refractivity contribution in [1.29, 1.82) is 0 Å². The van der Waals surface area contributed by atoms with Crippen LogP contribution in [-0.4, -0.2) is 37.2 Å². The monoisotopic (exact) mass is 967 g/mol. The number of esters is 3. The number of ether oxygens (including phenoxy) is 3. The van der Waals surface area contributed by atoms with Crippen LogP contribution in [-0.2, 0) is 28.6 Å². The molecule has 0 heterocycles. The van der Waals surface area contributed by atoms with Crippen molar-refractivity contribution >= 4 is 17.9 Å². The normalized spacial score (nSPS) is 12.3. The number of hydrogen-bond acceptors (Lipinski definition) is 6. The summed E-state index contributed by atoms with van der Waals surface area (Å²) in [5.74, 6) is -0.877. The van der Waals surface area contributed by atoms with Crippen LogP contribution in [0.1, 0.15) is 316 Å². The first-order valence-electron chi connectivity index (χ1n) is 30.1. The van der Waals surface area contributed by atoms with Gasteiger partial charge in [0.25, 0.3) is 0 Å². The van der Waals surface area contributed by atoms with Gasteiger partial charge in [0.2, 0.25) is 0 Å². The number of unbranched alkanes of at least 4 members (excludes halogenated alkanes) is 36. The number of carbonyl (C=O) groups is 3. The van der Waals surface area contributed by atoms with Gasteiger partial charge in [-0.05, 0) is 83.5 Å². The fourth-order valence-electron chi connectivity index (χ4n) is 8.74. The van der Waals surface area contributed by atoms with E-state index in [4.69, 9.17) is 14.2 Å². The largest absolute Gasteiger partial charge is 0.462 e. The van der Waals surface area contributed by atoms with Gasteiger partial charge in [0.15, 0.2) is 6.10 Å². The van der Waals surface area contributed by atoms with Gasteiger partial charge in [-0.2, -0.15) is 0 Å². The van der Waals surface area contributed by atoms with Crippen molar-refractivity contribution in [3.8, 4) is 0 Å². The highest BCUT2D eigenvalue weighted by Crippen LogP contribution is 2.17. The Bertz CT molecular complexity index is 1200. The van der Waals surface area contributed by atoms with Crippen molar-refractivity contribution in [3.63, 3.8) is 0 Å². The predicted molar refractivity (Wildman–Crippen MR) is 298 cm³/mol. The van der Waals surface area contributed by atoms with E-state index in [1.165, 1.54) is 193 Å². The first kappa shape index (κ1) is 66.4. The third kappa shape index (κ3) is 56.2. The lowest BCUT2D eigenvalue weighted by Crippen LogP contribution is -2.30. The first-order chi connectivity index (χ1) is 34.0. The molecule has 0 aromatic heterocycles. The lowest BCUT2D eigenvalue weighted by atomic mass is 10.0. The molecule has 0 aromatic carbocycles. The van der Waals surface area contributed by atoms with E-state index in [0.29, 0.717) is 19.3 Å². The average molecular weight is 968 g/mol. The van der Waals surface area contributed by atoms with Crippen LogP contribution in [0.4, 0.5) is 0 Å². The Morgan fingerprint density at radius 2 is 0.522 bits per heavy atom. The summed E-state index contributed by atoms with van der Waals surface area (Å²) < 4.78 is 16.9. The van der Waals surface area contributed by atoms with Crippen molar-refractivity contribution in [2.45, 2.75) is 322 Å². The fourth-order valence-corrected chi connectivity index (χ4v) is 8.74. The molecule has 0 saturated carbocycles. The van der Waals surface area contributed by atoms with Gasteiger partial charge >= 0.3 is 17.9 Å². The zero-order valence-corrected chi connectivity index (χ0v) is 46.1. The van der Waals surface area contributed by atoms with Gasteiger partial charge in [0.1, 0.15) is 13.2 Å². The molecule has 0 radical (unpaired) electrons. The molecule has 6 nitrogen and oxygen atoms in total. The van der Waals surface area contributed by atoms with Crippen LogP contribution in [0.5, 0.6) is 0 Å². The smallest absolute Gasteiger partial charge is 0.306 e. The molecule has 0 rings (SSSR count). The minimum atomic E-state index is -0.779. The number of hydrogen-bond donors (Lipinski definition) is 0. The van der Waals surface area contributed by atoms with E-state index in [-0.39, 0.29) is 31.1 Å². The van der Waals surface area contributed by atoms with E-state index >= 15 is 0 Å². The molecule has 0 spiro atoms. The van der Waals surface area contributed by atoms with Gasteiger partial charge in [-0.15, -0.1) is 0 Å². The fraction of sp³-hybridized carbons (Fsp3) is 0.825. The lowest BCUT2D eigenvalue weighted by molar-refractivity contribution is -0.167. The highest BCUT2D eigenvalue weighted by Gasteiger charge is 2.19. The molecule has 1 atom stereocenters. The topological polar surface area (TPSA) is 78.9 Å². The third-order valence-electron chi connectivity index (χ3n) is 13.3. The SMILES string of the molecule is CCCCC/C=C/C/C=C/CCCCCCCCCCCC(=O)OC[C@@H](COC(=O)CCCCCCC/C=C/C/C=C/CCCCC)OC(=O)CCCCCCCCCCCCCCCCCCC. The van der Waals surface area contributed by atoms with Gasteiger partial charge in [-0.1, -0.05) is 262 Å². The van der Waals surface area contributed by atoms with Gasteiger partial charge in [-0.25, -0.2) is 0 Å². The molecule has 0 amide bonds. The molecule has 0 N–H and O–H groups in total. The highest BCUT2D eigenvalue weighted by atomic mass is 16.6. The minimum Gasteiger partial charge on any atom is -0.462 e. The Balaban J connectivity index is 4.36. The predicted octanol–water partition coefficient (Wildman–Crippen LogP) is 20.2. The molecule has 0 aliphatic carbocycles. The number of allylic oxidation sites excluding steroid dienone is 8. The van der Waals surface area contributed by atoms with Gasteiger partial charge in [-0.3, -0.25) is 14.4 Å². The summed E-state index contributed by atoms with van der Waals surface area (Å²) in [4.78, 5) is 38.2. The van der Waals surface area contributed by atoms with E-state index in [2.05, 4.69) is 69.4 Å². The molecule has 0 aromatic rings. The second-order valence-electron chi connectivity index (χ2n) is 20.3. The van der Waals surface area contributed by atoms with Crippen molar-refractivity contribution in [3.05, 3.63) is 48.6 Å². The third-order valence-corrected chi connectivity index (χ3v) is 13.3. The first-order valence-corrected chi connectivity index (χ1v) is 30.1. The Hall–Kier alpha value is -2.63. The van der Waals surface area contributed by atoms with Gasteiger partial charge in [0.05, 0.1) is 0 Å². The molecule has 402 valence electrons. The summed E-state index contributed by atoms with van der Waals surface area (Å²) in [6.45, 7) is 6.62. The molecular formula is C63H114O6. The Morgan fingerprint density at radius 1 is 0.290 bits per heavy atom. The zero-order valence-electron chi connectivity index (χ0n) is 46.1. The number of rotatable bonds is 55. The summed E-state index contributed by atoms with van der Waals surface area (Å²) in [5.41, 5.74) is 0. The Morgan fingerprint density at radius 3 is 0.826 bits per heavy atom. The molecule has 6 heteroatoms. The summed E-state index contributed by atoms with van der Waals surface area (Å²) in [5, 5.41) is 0. The highest BCUT2D eigenvalue weighted by molar-refractivity contribution is 5.71. The van der Waals surface area contributed by atoms with Crippen LogP contribution in [0.15, 0.2) is 48.6 Å². The van der Waals surface area contributed by atoms with Crippen molar-refractivity contribution in [2.24, 2.45) is 0 Å². The maximum absolute atomic E-state index is 12.9. The van der Waals surface area contributed by atoms with Crippen LogP contribution in [0, 0.1) is 0 Å². The summed E-state index contributed by atoms with van der Waals surface area (Å²) in [7, 11) is 0. The minimum absolute atomic E-state index is 0.0768. The number of carbonyl (C=O) groups excluding carboxylic acids is 3.